The number of hydrogen-bond donors (Lipinski definition) is 2. The van der Waals surface area contributed by atoms with Crippen LogP contribution >= 0.6 is 0 Å². The van der Waals surface area contributed by atoms with Gasteiger partial charge in [0, 0.05) is 25.6 Å². The Morgan fingerprint density at radius 2 is 2.26 bits per heavy atom. The molecule has 4 unspecified atom stereocenters. The van der Waals surface area contributed by atoms with Crippen molar-refractivity contribution < 1.29 is 4.74 Å². The summed E-state index contributed by atoms with van der Waals surface area (Å²) in [7, 11) is 2.02. The molecule has 1 aromatic carbocycles. The van der Waals surface area contributed by atoms with Crippen LogP contribution in [0.5, 0.6) is 0 Å². The predicted octanol–water partition coefficient (Wildman–Crippen LogP) is 1.10. The van der Waals surface area contributed by atoms with E-state index in [-0.39, 0.29) is 18.2 Å². The van der Waals surface area contributed by atoms with Gasteiger partial charge in [-0.15, -0.1) is 0 Å². The molecule has 1 aliphatic carbocycles. The van der Waals surface area contributed by atoms with Crippen molar-refractivity contribution >= 4 is 17.0 Å². The van der Waals surface area contributed by atoms with Crippen LogP contribution in [0.4, 0.5) is 5.95 Å². The molecule has 1 aromatic heterocycles. The van der Waals surface area contributed by atoms with Crippen molar-refractivity contribution in [2.75, 3.05) is 11.9 Å². The average Bonchev–Trinajstić information content (AvgIpc) is 2.99. The SMILES string of the molecule is Cn1c(NC2C(N)C3CCOC32)nc2ccccc21. The highest BCUT2D eigenvalue weighted by Crippen LogP contribution is 2.39. The van der Waals surface area contributed by atoms with Crippen LogP contribution in [0.15, 0.2) is 24.3 Å². The molecule has 2 heterocycles. The number of hydrogen-bond acceptors (Lipinski definition) is 4. The number of aryl methyl sites for hydroxylation is 1. The van der Waals surface area contributed by atoms with E-state index >= 15 is 0 Å². The van der Waals surface area contributed by atoms with Gasteiger partial charge in [-0.1, -0.05) is 12.1 Å². The Kier molecular flexibility index (Phi) is 2.34. The van der Waals surface area contributed by atoms with Gasteiger partial charge in [0.15, 0.2) is 0 Å². The van der Waals surface area contributed by atoms with Crippen LogP contribution in [0.3, 0.4) is 0 Å². The Hall–Kier alpha value is -1.59. The monoisotopic (exact) mass is 258 g/mol. The maximum absolute atomic E-state index is 6.22. The summed E-state index contributed by atoms with van der Waals surface area (Å²) in [6.07, 6.45) is 1.35. The minimum Gasteiger partial charge on any atom is -0.376 e. The summed E-state index contributed by atoms with van der Waals surface area (Å²) < 4.78 is 7.82. The molecular formula is C14H18N4O. The first-order valence-corrected chi connectivity index (χ1v) is 6.81. The fourth-order valence-electron chi connectivity index (χ4n) is 3.35. The van der Waals surface area contributed by atoms with E-state index in [1.54, 1.807) is 0 Å². The van der Waals surface area contributed by atoms with Gasteiger partial charge in [-0.05, 0) is 18.6 Å². The normalized spacial score (nSPS) is 33.2. The van der Waals surface area contributed by atoms with Crippen molar-refractivity contribution in [3.05, 3.63) is 24.3 Å². The molecule has 3 N–H and O–H groups in total. The zero-order chi connectivity index (χ0) is 13.0. The Labute approximate surface area is 111 Å². The number of imidazole rings is 1. The van der Waals surface area contributed by atoms with Crippen LogP contribution in [0.2, 0.25) is 0 Å². The van der Waals surface area contributed by atoms with E-state index in [1.807, 2.05) is 25.2 Å². The number of rotatable bonds is 2. The third-order valence-corrected chi connectivity index (χ3v) is 4.53. The quantitative estimate of drug-likeness (QED) is 0.846. The topological polar surface area (TPSA) is 65.1 Å². The molecule has 19 heavy (non-hydrogen) atoms. The molecule has 5 heteroatoms. The molecule has 5 nitrogen and oxygen atoms in total. The number of aromatic nitrogens is 2. The molecule has 1 aliphatic heterocycles. The fraction of sp³-hybridized carbons (Fsp3) is 0.500. The average molecular weight is 258 g/mol. The molecular weight excluding hydrogens is 240 g/mol. The Morgan fingerprint density at radius 1 is 1.42 bits per heavy atom. The summed E-state index contributed by atoms with van der Waals surface area (Å²) in [5.74, 6) is 1.39. The number of nitrogens with two attached hydrogens (primary N) is 1. The smallest absolute Gasteiger partial charge is 0.203 e. The lowest BCUT2D eigenvalue weighted by Crippen LogP contribution is -2.65. The number of anilines is 1. The Balaban J connectivity index is 1.63. The van der Waals surface area contributed by atoms with Crippen LogP contribution in [-0.4, -0.2) is 34.3 Å². The molecule has 2 aliphatic rings. The second-order valence-electron chi connectivity index (χ2n) is 5.52. The Morgan fingerprint density at radius 3 is 3.11 bits per heavy atom. The van der Waals surface area contributed by atoms with E-state index in [0.29, 0.717) is 5.92 Å². The van der Waals surface area contributed by atoms with Crippen LogP contribution < -0.4 is 11.1 Å². The molecule has 2 fully saturated rings. The van der Waals surface area contributed by atoms with Crippen LogP contribution in [0, 0.1) is 5.92 Å². The first-order valence-electron chi connectivity index (χ1n) is 6.81. The molecule has 2 aromatic rings. The zero-order valence-electron chi connectivity index (χ0n) is 10.9. The van der Waals surface area contributed by atoms with Crippen molar-refractivity contribution in [3.8, 4) is 0 Å². The lowest BCUT2D eigenvalue weighted by Gasteiger charge is -2.45. The Bertz CT molecular complexity index is 623. The number of benzene rings is 1. The third kappa shape index (κ3) is 1.52. The molecule has 0 bridgehead atoms. The van der Waals surface area contributed by atoms with Crippen molar-refractivity contribution in [2.45, 2.75) is 24.6 Å². The summed E-state index contributed by atoms with van der Waals surface area (Å²) in [4.78, 5) is 4.62. The molecule has 4 rings (SSSR count). The van der Waals surface area contributed by atoms with Crippen LogP contribution in [0.1, 0.15) is 6.42 Å². The highest BCUT2D eigenvalue weighted by atomic mass is 16.5. The van der Waals surface area contributed by atoms with E-state index < -0.39 is 0 Å². The second kappa shape index (κ2) is 3.95. The molecule has 0 radical (unpaired) electrons. The summed E-state index contributed by atoms with van der Waals surface area (Å²) in [5, 5.41) is 3.46. The summed E-state index contributed by atoms with van der Waals surface area (Å²) in [6.45, 7) is 0.837. The van der Waals surface area contributed by atoms with E-state index in [2.05, 4.69) is 20.9 Å². The first-order chi connectivity index (χ1) is 9.25. The van der Waals surface area contributed by atoms with Gasteiger partial charge < -0.3 is 20.4 Å². The minimum atomic E-state index is 0.173. The van der Waals surface area contributed by atoms with E-state index in [4.69, 9.17) is 10.5 Å². The number of fused-ring (bicyclic) bond motifs is 2. The standard InChI is InChI=1S/C14H18N4O/c1-18-10-5-3-2-4-9(10)16-14(18)17-12-11(15)8-6-7-19-13(8)12/h2-5,8,11-13H,6-7,15H2,1H3,(H,16,17). The van der Waals surface area contributed by atoms with Gasteiger partial charge in [0.2, 0.25) is 5.95 Å². The number of ether oxygens (including phenoxy) is 1. The minimum absolute atomic E-state index is 0.173. The van der Waals surface area contributed by atoms with E-state index in [0.717, 1.165) is 30.0 Å². The van der Waals surface area contributed by atoms with Gasteiger partial charge in [-0.2, -0.15) is 0 Å². The van der Waals surface area contributed by atoms with Gasteiger partial charge in [0.05, 0.1) is 23.2 Å². The lowest BCUT2D eigenvalue weighted by molar-refractivity contribution is 0.00503. The van der Waals surface area contributed by atoms with Crippen LogP contribution in [-0.2, 0) is 11.8 Å². The molecule has 0 spiro atoms. The maximum atomic E-state index is 6.22. The van der Waals surface area contributed by atoms with E-state index in [1.165, 1.54) is 0 Å². The number of nitrogens with one attached hydrogen (secondary N) is 1. The third-order valence-electron chi connectivity index (χ3n) is 4.53. The predicted molar refractivity (Wildman–Crippen MR) is 73.9 cm³/mol. The number of nitrogens with zero attached hydrogens (tertiary/aromatic N) is 2. The van der Waals surface area contributed by atoms with Gasteiger partial charge in [0.1, 0.15) is 0 Å². The van der Waals surface area contributed by atoms with Gasteiger partial charge >= 0.3 is 0 Å². The van der Waals surface area contributed by atoms with Crippen molar-refractivity contribution in [3.63, 3.8) is 0 Å². The van der Waals surface area contributed by atoms with E-state index in [9.17, 15) is 0 Å². The summed E-state index contributed by atoms with van der Waals surface area (Å²) >= 11 is 0. The van der Waals surface area contributed by atoms with Gasteiger partial charge in [0.25, 0.3) is 0 Å². The van der Waals surface area contributed by atoms with Crippen molar-refractivity contribution in [1.82, 2.24) is 9.55 Å². The van der Waals surface area contributed by atoms with Crippen molar-refractivity contribution in [1.29, 1.82) is 0 Å². The molecule has 0 amide bonds. The lowest BCUT2D eigenvalue weighted by atomic mass is 9.72. The first kappa shape index (κ1) is 11.3. The maximum Gasteiger partial charge on any atom is 0.203 e. The van der Waals surface area contributed by atoms with Crippen LogP contribution in [0.25, 0.3) is 11.0 Å². The highest BCUT2D eigenvalue weighted by molar-refractivity contribution is 5.78. The van der Waals surface area contributed by atoms with Gasteiger partial charge in [-0.3, -0.25) is 0 Å². The molecule has 100 valence electrons. The largest absolute Gasteiger partial charge is 0.376 e. The summed E-state index contributed by atoms with van der Waals surface area (Å²) in [5.41, 5.74) is 8.35. The molecule has 4 atom stereocenters. The summed E-state index contributed by atoms with van der Waals surface area (Å²) in [6, 6.07) is 8.48. The highest BCUT2D eigenvalue weighted by Gasteiger charge is 2.52. The van der Waals surface area contributed by atoms with Gasteiger partial charge in [-0.25, -0.2) is 4.98 Å². The van der Waals surface area contributed by atoms with Crippen molar-refractivity contribution in [2.24, 2.45) is 18.7 Å². The zero-order valence-corrected chi connectivity index (χ0v) is 10.9. The fourth-order valence-corrected chi connectivity index (χ4v) is 3.35. The second-order valence-corrected chi connectivity index (χ2v) is 5.52. The molecule has 1 saturated carbocycles. The number of para-hydroxylation sites is 2. The molecule has 1 saturated heterocycles.